The minimum atomic E-state index is -1.70. The molecule has 0 spiro atoms. The molecule has 0 atom stereocenters. The highest BCUT2D eigenvalue weighted by molar-refractivity contribution is 9.10. The van der Waals surface area contributed by atoms with Gasteiger partial charge >= 0.3 is 0 Å². The van der Waals surface area contributed by atoms with Gasteiger partial charge in [0.1, 0.15) is 0 Å². The van der Waals surface area contributed by atoms with Gasteiger partial charge in [-0.3, -0.25) is 4.79 Å². The van der Waals surface area contributed by atoms with E-state index in [4.69, 9.17) is 0 Å². The normalized spacial score (nSPS) is 12.8. The maximum absolute atomic E-state index is 11.0. The summed E-state index contributed by atoms with van der Waals surface area (Å²) in [5.74, 6) is 0. The first kappa shape index (κ1) is 15.7. The van der Waals surface area contributed by atoms with Gasteiger partial charge in [0.15, 0.2) is 14.5 Å². The lowest BCUT2D eigenvalue weighted by Gasteiger charge is -2.44. The van der Waals surface area contributed by atoms with Gasteiger partial charge < -0.3 is 4.23 Å². The van der Waals surface area contributed by atoms with E-state index in [2.05, 4.69) is 67.9 Å². The van der Waals surface area contributed by atoms with E-state index in [0.29, 0.717) is 16.6 Å². The second-order valence-electron chi connectivity index (χ2n) is 5.94. The number of hydrogen-bond donors (Lipinski definition) is 0. The Kier molecular flexibility index (Phi) is 5.01. The summed E-state index contributed by atoms with van der Waals surface area (Å²) >= 11 is 3.49. The van der Waals surface area contributed by atoms with Crippen molar-refractivity contribution in [2.24, 2.45) is 0 Å². The maximum atomic E-state index is 11.0. The maximum Gasteiger partial charge on any atom is 0.168 e. The zero-order chi connectivity index (χ0) is 14.1. The second-order valence-corrected chi connectivity index (χ2v) is 12.5. The molecule has 1 aromatic rings. The van der Waals surface area contributed by atoms with Crippen molar-refractivity contribution in [2.45, 2.75) is 58.2 Å². The number of hydrogen-bond acceptors (Lipinski definition) is 1. The molecule has 0 aliphatic rings. The third kappa shape index (κ3) is 2.37. The molecule has 0 aromatic carbocycles. The third-order valence-electron chi connectivity index (χ3n) is 4.16. The fraction of sp³-hybridized carbons (Fsp3) is 0.643. The molecule has 1 rings (SSSR count). The summed E-state index contributed by atoms with van der Waals surface area (Å²) in [4.78, 5) is 11.0. The predicted octanol–water partition coefficient (Wildman–Crippen LogP) is 5.09. The Morgan fingerprint density at radius 3 is 1.78 bits per heavy atom. The number of rotatable bonds is 5. The van der Waals surface area contributed by atoms with Crippen molar-refractivity contribution in [3.05, 3.63) is 22.4 Å². The van der Waals surface area contributed by atoms with Crippen molar-refractivity contribution in [2.75, 3.05) is 0 Å². The SMILES string of the molecule is CC(C)[Si](C(C)C)(C(C)C)n1cc(Br)c(C=O)c1. The minimum Gasteiger partial charge on any atom is -0.378 e. The molecule has 2 nitrogen and oxygen atoms in total. The van der Waals surface area contributed by atoms with Crippen molar-refractivity contribution < 1.29 is 4.79 Å². The van der Waals surface area contributed by atoms with Crippen LogP contribution in [0.1, 0.15) is 51.9 Å². The molecule has 0 amide bonds. The molecule has 0 radical (unpaired) electrons. The molecular formula is C14H24BrNOSi. The highest BCUT2D eigenvalue weighted by Gasteiger charge is 2.45. The Labute approximate surface area is 120 Å². The van der Waals surface area contributed by atoms with Crippen LogP contribution in [0.3, 0.4) is 0 Å². The van der Waals surface area contributed by atoms with Gasteiger partial charge in [0, 0.05) is 22.4 Å². The Balaban J connectivity index is 3.46. The fourth-order valence-electron chi connectivity index (χ4n) is 3.65. The molecule has 0 aliphatic carbocycles. The minimum absolute atomic E-state index is 0.635. The predicted molar refractivity (Wildman–Crippen MR) is 84.0 cm³/mol. The van der Waals surface area contributed by atoms with Crippen LogP contribution in [0.15, 0.2) is 16.9 Å². The molecule has 102 valence electrons. The lowest BCUT2D eigenvalue weighted by Crippen LogP contribution is -2.51. The van der Waals surface area contributed by atoms with Crippen LogP contribution < -0.4 is 0 Å². The number of carbonyl (C=O) groups excluding carboxylic acids is 1. The van der Waals surface area contributed by atoms with Crippen molar-refractivity contribution in [1.82, 2.24) is 4.23 Å². The summed E-state index contributed by atoms with van der Waals surface area (Å²) in [7, 11) is -1.70. The van der Waals surface area contributed by atoms with Gasteiger partial charge in [0.25, 0.3) is 0 Å². The summed E-state index contributed by atoms with van der Waals surface area (Å²) in [6.07, 6.45) is 5.07. The molecular weight excluding hydrogens is 306 g/mol. The molecule has 0 saturated carbocycles. The van der Waals surface area contributed by atoms with Crippen molar-refractivity contribution in [3.63, 3.8) is 0 Å². The van der Waals surface area contributed by atoms with E-state index in [0.717, 1.165) is 16.3 Å². The number of aromatic nitrogens is 1. The number of halogens is 1. The lowest BCUT2D eigenvalue weighted by molar-refractivity contribution is 0.112. The Bertz CT molecular complexity index is 402. The Hall–Kier alpha value is -0.353. The summed E-state index contributed by atoms with van der Waals surface area (Å²) in [5, 5.41) is 0. The van der Waals surface area contributed by atoms with Crippen molar-refractivity contribution >= 4 is 30.5 Å². The van der Waals surface area contributed by atoms with E-state index in [1.54, 1.807) is 0 Å². The van der Waals surface area contributed by atoms with E-state index in [-0.39, 0.29) is 0 Å². The number of nitrogens with zero attached hydrogens (tertiary/aromatic N) is 1. The lowest BCUT2D eigenvalue weighted by atomic mass is 10.4. The van der Waals surface area contributed by atoms with Crippen LogP contribution in [-0.4, -0.2) is 18.8 Å². The first-order valence-corrected chi connectivity index (χ1v) is 9.58. The summed E-state index contributed by atoms with van der Waals surface area (Å²) in [6.45, 7) is 13.9. The Morgan fingerprint density at radius 1 is 1.06 bits per heavy atom. The highest BCUT2D eigenvalue weighted by Crippen LogP contribution is 2.43. The molecule has 0 aliphatic heterocycles. The molecule has 0 fully saturated rings. The van der Waals surface area contributed by atoms with E-state index >= 15 is 0 Å². The molecule has 4 heteroatoms. The van der Waals surface area contributed by atoms with Gasteiger partial charge in [0.2, 0.25) is 0 Å². The molecule has 0 N–H and O–H groups in total. The van der Waals surface area contributed by atoms with Gasteiger partial charge in [-0.2, -0.15) is 0 Å². The first-order chi connectivity index (χ1) is 8.28. The smallest absolute Gasteiger partial charge is 0.168 e. The average molecular weight is 330 g/mol. The highest BCUT2D eigenvalue weighted by atomic mass is 79.9. The van der Waals surface area contributed by atoms with Gasteiger partial charge in [-0.15, -0.1) is 0 Å². The van der Waals surface area contributed by atoms with Gasteiger partial charge in [0.05, 0.1) is 0 Å². The van der Waals surface area contributed by atoms with Crippen LogP contribution in [0, 0.1) is 0 Å². The summed E-state index contributed by atoms with van der Waals surface area (Å²) in [5.41, 5.74) is 2.66. The first-order valence-electron chi connectivity index (χ1n) is 6.61. The molecule has 1 heterocycles. The number of carbonyl (C=O) groups is 1. The largest absolute Gasteiger partial charge is 0.378 e. The number of aldehydes is 1. The third-order valence-corrected chi connectivity index (χ3v) is 11.5. The van der Waals surface area contributed by atoms with Crippen molar-refractivity contribution in [1.29, 1.82) is 0 Å². The van der Waals surface area contributed by atoms with E-state index < -0.39 is 8.24 Å². The monoisotopic (exact) mass is 329 g/mol. The topological polar surface area (TPSA) is 22.0 Å². The summed E-state index contributed by atoms with van der Waals surface area (Å²) in [6, 6.07) is 0. The van der Waals surface area contributed by atoms with E-state index in [1.165, 1.54) is 0 Å². The van der Waals surface area contributed by atoms with Crippen LogP contribution in [0.4, 0.5) is 0 Å². The standard InChI is InChI=1S/C14H24BrNOSi/c1-10(2)18(11(3)4,12(5)6)16-7-13(9-17)14(15)8-16/h7-12H,1-6H3. The van der Waals surface area contributed by atoms with Crippen LogP contribution in [0.2, 0.25) is 16.6 Å². The van der Waals surface area contributed by atoms with E-state index in [1.807, 2.05) is 6.20 Å². The quantitative estimate of drug-likeness (QED) is 0.545. The van der Waals surface area contributed by atoms with Crippen LogP contribution in [-0.2, 0) is 0 Å². The Morgan fingerprint density at radius 2 is 1.50 bits per heavy atom. The van der Waals surface area contributed by atoms with E-state index in [9.17, 15) is 4.79 Å². The van der Waals surface area contributed by atoms with Crippen LogP contribution in [0.5, 0.6) is 0 Å². The zero-order valence-electron chi connectivity index (χ0n) is 12.2. The van der Waals surface area contributed by atoms with Gasteiger partial charge in [-0.25, -0.2) is 0 Å². The molecule has 1 aromatic heterocycles. The van der Waals surface area contributed by atoms with Crippen molar-refractivity contribution in [3.8, 4) is 0 Å². The molecule has 18 heavy (non-hydrogen) atoms. The van der Waals surface area contributed by atoms with Crippen LogP contribution in [0.25, 0.3) is 0 Å². The zero-order valence-corrected chi connectivity index (χ0v) is 14.8. The van der Waals surface area contributed by atoms with Crippen LogP contribution >= 0.6 is 15.9 Å². The molecule has 0 saturated heterocycles. The van der Waals surface area contributed by atoms with Gasteiger partial charge in [-0.05, 0) is 32.6 Å². The average Bonchev–Trinajstić information content (AvgIpc) is 2.58. The molecule has 0 bridgehead atoms. The summed E-state index contributed by atoms with van der Waals surface area (Å²) < 4.78 is 3.29. The fourth-order valence-corrected chi connectivity index (χ4v) is 10.8. The second kappa shape index (κ2) is 5.74. The molecule has 0 unspecified atom stereocenters. The van der Waals surface area contributed by atoms with Gasteiger partial charge in [-0.1, -0.05) is 41.5 Å².